The Kier molecular flexibility index (Phi) is 1.77. The van der Waals surface area contributed by atoms with Gasteiger partial charge in [0.2, 0.25) is 0 Å². The van der Waals surface area contributed by atoms with Crippen molar-refractivity contribution in [1.82, 2.24) is 14.6 Å². The summed E-state index contributed by atoms with van der Waals surface area (Å²) < 4.78 is 2.17. The maximum absolute atomic E-state index is 10.5. The van der Waals surface area contributed by atoms with Crippen molar-refractivity contribution >= 4 is 27.4 Å². The SMILES string of the molecule is O=C(O)c1ncc2ccc(Br)n2n1. The fourth-order valence-corrected chi connectivity index (χ4v) is 1.38. The lowest BCUT2D eigenvalue weighted by Crippen LogP contribution is -2.07. The maximum Gasteiger partial charge on any atom is 0.375 e. The third-order valence-electron chi connectivity index (χ3n) is 1.54. The Morgan fingerprint density at radius 2 is 2.31 bits per heavy atom. The zero-order valence-corrected chi connectivity index (χ0v) is 7.89. The molecule has 0 spiro atoms. The van der Waals surface area contributed by atoms with E-state index in [1.807, 2.05) is 0 Å². The Labute approximate surface area is 81.1 Å². The number of carbonyl (C=O) groups is 1. The van der Waals surface area contributed by atoms with Gasteiger partial charge in [0.15, 0.2) is 0 Å². The lowest BCUT2D eigenvalue weighted by atomic mass is 10.5. The number of aromatic nitrogens is 3. The van der Waals surface area contributed by atoms with Crippen LogP contribution in [-0.2, 0) is 0 Å². The van der Waals surface area contributed by atoms with Crippen LogP contribution in [0.25, 0.3) is 5.52 Å². The number of aromatic carboxylic acids is 1. The number of rotatable bonds is 1. The summed E-state index contributed by atoms with van der Waals surface area (Å²) in [6, 6.07) is 3.56. The second-order valence-corrected chi connectivity index (χ2v) is 3.19. The molecule has 0 atom stereocenters. The molecule has 0 aromatic carbocycles. The topological polar surface area (TPSA) is 67.5 Å². The Morgan fingerprint density at radius 1 is 1.54 bits per heavy atom. The van der Waals surface area contributed by atoms with Crippen LogP contribution in [0.15, 0.2) is 22.9 Å². The molecule has 0 aliphatic rings. The third-order valence-corrected chi connectivity index (χ3v) is 2.14. The molecule has 0 saturated heterocycles. The van der Waals surface area contributed by atoms with E-state index >= 15 is 0 Å². The van der Waals surface area contributed by atoms with E-state index in [-0.39, 0.29) is 5.82 Å². The van der Waals surface area contributed by atoms with Crippen molar-refractivity contribution in [1.29, 1.82) is 0 Å². The van der Waals surface area contributed by atoms with Crippen LogP contribution < -0.4 is 0 Å². The summed E-state index contributed by atoms with van der Waals surface area (Å²) >= 11 is 3.23. The van der Waals surface area contributed by atoms with Crippen LogP contribution in [0, 0.1) is 0 Å². The predicted molar refractivity (Wildman–Crippen MR) is 47.6 cm³/mol. The van der Waals surface area contributed by atoms with Gasteiger partial charge >= 0.3 is 5.97 Å². The van der Waals surface area contributed by atoms with Gasteiger partial charge in [-0.1, -0.05) is 0 Å². The predicted octanol–water partition coefficient (Wildman–Crippen LogP) is 1.19. The molecular weight excluding hydrogens is 238 g/mol. The van der Waals surface area contributed by atoms with E-state index in [0.29, 0.717) is 4.60 Å². The summed E-state index contributed by atoms with van der Waals surface area (Å²) in [5.41, 5.74) is 0.747. The van der Waals surface area contributed by atoms with E-state index in [1.54, 1.807) is 12.1 Å². The highest BCUT2D eigenvalue weighted by Crippen LogP contribution is 2.13. The molecule has 0 aliphatic heterocycles. The van der Waals surface area contributed by atoms with Crippen molar-refractivity contribution in [2.45, 2.75) is 0 Å². The fourth-order valence-electron chi connectivity index (χ4n) is 0.968. The average molecular weight is 242 g/mol. The van der Waals surface area contributed by atoms with E-state index in [0.717, 1.165) is 5.52 Å². The molecule has 2 rings (SSSR count). The lowest BCUT2D eigenvalue weighted by molar-refractivity contribution is 0.0681. The Hall–Kier alpha value is -1.43. The highest BCUT2D eigenvalue weighted by Gasteiger charge is 2.08. The molecular formula is C7H4BrN3O2. The number of hydrogen-bond donors (Lipinski definition) is 1. The van der Waals surface area contributed by atoms with Crippen molar-refractivity contribution in [3.05, 3.63) is 28.8 Å². The minimum absolute atomic E-state index is 0.218. The molecule has 0 radical (unpaired) electrons. The summed E-state index contributed by atoms with van der Waals surface area (Å²) in [7, 11) is 0. The van der Waals surface area contributed by atoms with Crippen LogP contribution in [0.5, 0.6) is 0 Å². The van der Waals surface area contributed by atoms with Gasteiger partial charge in [0.1, 0.15) is 4.60 Å². The smallest absolute Gasteiger partial charge is 0.375 e. The first-order valence-electron chi connectivity index (χ1n) is 3.42. The van der Waals surface area contributed by atoms with Gasteiger partial charge in [-0.3, -0.25) is 0 Å². The van der Waals surface area contributed by atoms with Crippen molar-refractivity contribution in [3.63, 3.8) is 0 Å². The zero-order valence-electron chi connectivity index (χ0n) is 6.31. The van der Waals surface area contributed by atoms with E-state index in [1.165, 1.54) is 10.7 Å². The Morgan fingerprint density at radius 3 is 3.00 bits per heavy atom. The van der Waals surface area contributed by atoms with Gasteiger partial charge in [-0.15, -0.1) is 5.10 Å². The molecule has 13 heavy (non-hydrogen) atoms. The Balaban J connectivity index is 2.72. The minimum Gasteiger partial charge on any atom is -0.475 e. The minimum atomic E-state index is -1.14. The second-order valence-electron chi connectivity index (χ2n) is 2.38. The number of carboxylic acids is 1. The maximum atomic E-state index is 10.5. The quantitative estimate of drug-likeness (QED) is 0.815. The van der Waals surface area contributed by atoms with E-state index < -0.39 is 5.97 Å². The van der Waals surface area contributed by atoms with Crippen LogP contribution in [-0.4, -0.2) is 25.7 Å². The molecule has 0 aliphatic carbocycles. The van der Waals surface area contributed by atoms with E-state index in [4.69, 9.17) is 5.11 Å². The summed E-state index contributed by atoms with van der Waals surface area (Å²) in [5, 5.41) is 12.4. The van der Waals surface area contributed by atoms with Crippen LogP contribution >= 0.6 is 15.9 Å². The molecule has 6 heteroatoms. The number of halogens is 1. The zero-order chi connectivity index (χ0) is 9.42. The van der Waals surface area contributed by atoms with Gasteiger partial charge in [0.05, 0.1) is 11.7 Å². The van der Waals surface area contributed by atoms with Crippen LogP contribution in [0.3, 0.4) is 0 Å². The normalized spacial score (nSPS) is 10.5. The van der Waals surface area contributed by atoms with Crippen LogP contribution in [0.4, 0.5) is 0 Å². The molecule has 0 amide bonds. The molecule has 66 valence electrons. The first-order valence-corrected chi connectivity index (χ1v) is 4.21. The lowest BCUT2D eigenvalue weighted by Gasteiger charge is -1.96. The van der Waals surface area contributed by atoms with E-state index in [9.17, 15) is 4.79 Å². The number of fused-ring (bicyclic) bond motifs is 1. The van der Waals surface area contributed by atoms with Crippen LogP contribution in [0.1, 0.15) is 10.6 Å². The summed E-state index contributed by atoms with van der Waals surface area (Å²) in [5.74, 6) is -1.35. The number of carboxylic acid groups (broad SMARTS) is 1. The van der Waals surface area contributed by atoms with Crippen molar-refractivity contribution in [3.8, 4) is 0 Å². The highest BCUT2D eigenvalue weighted by molar-refractivity contribution is 9.10. The molecule has 2 aromatic heterocycles. The fraction of sp³-hybridized carbons (Fsp3) is 0. The molecule has 0 unspecified atom stereocenters. The number of nitrogens with zero attached hydrogens (tertiary/aromatic N) is 3. The van der Waals surface area contributed by atoms with Crippen molar-refractivity contribution < 1.29 is 9.90 Å². The van der Waals surface area contributed by atoms with Gasteiger partial charge in [-0.25, -0.2) is 14.3 Å². The molecule has 0 saturated carbocycles. The highest BCUT2D eigenvalue weighted by atomic mass is 79.9. The molecule has 2 aromatic rings. The first kappa shape index (κ1) is 8.18. The van der Waals surface area contributed by atoms with Gasteiger partial charge in [-0.05, 0) is 28.1 Å². The molecule has 2 heterocycles. The van der Waals surface area contributed by atoms with Gasteiger partial charge in [0, 0.05) is 0 Å². The average Bonchev–Trinajstić information content (AvgIpc) is 2.47. The van der Waals surface area contributed by atoms with Gasteiger partial charge in [0.25, 0.3) is 5.82 Å². The second kappa shape index (κ2) is 2.81. The molecule has 0 fully saturated rings. The molecule has 5 nitrogen and oxygen atoms in total. The summed E-state index contributed by atoms with van der Waals surface area (Å²) in [6.07, 6.45) is 1.46. The summed E-state index contributed by atoms with van der Waals surface area (Å²) in [4.78, 5) is 14.2. The monoisotopic (exact) mass is 241 g/mol. The molecule has 1 N–H and O–H groups in total. The van der Waals surface area contributed by atoms with Crippen molar-refractivity contribution in [2.75, 3.05) is 0 Å². The van der Waals surface area contributed by atoms with Crippen LogP contribution in [0.2, 0.25) is 0 Å². The van der Waals surface area contributed by atoms with Crippen molar-refractivity contribution in [2.24, 2.45) is 0 Å². The Bertz CT molecular complexity index is 480. The van der Waals surface area contributed by atoms with E-state index in [2.05, 4.69) is 26.0 Å². The third kappa shape index (κ3) is 1.29. The molecule has 0 bridgehead atoms. The standard InChI is InChI=1S/C7H4BrN3O2/c8-5-2-1-4-3-9-6(7(12)13)10-11(4)5/h1-3H,(H,12,13). The van der Waals surface area contributed by atoms with Gasteiger partial charge in [-0.2, -0.15) is 0 Å². The first-order chi connectivity index (χ1) is 6.18. The number of hydrogen-bond acceptors (Lipinski definition) is 3. The largest absolute Gasteiger partial charge is 0.475 e. The summed E-state index contributed by atoms with van der Waals surface area (Å²) in [6.45, 7) is 0. The van der Waals surface area contributed by atoms with Gasteiger partial charge < -0.3 is 5.11 Å².